The molecule has 13 nitrogen and oxygen atoms in total. The summed E-state index contributed by atoms with van der Waals surface area (Å²) in [7, 11) is -2.56. The van der Waals surface area contributed by atoms with Crippen LogP contribution in [0.2, 0.25) is 0 Å². The molecule has 0 radical (unpaired) electrons. The second-order valence-electron chi connectivity index (χ2n) is 9.80. The van der Waals surface area contributed by atoms with Crippen LogP contribution in [0.3, 0.4) is 0 Å². The highest BCUT2D eigenvalue weighted by Gasteiger charge is 2.47. The zero-order valence-corrected chi connectivity index (χ0v) is 25.6. The highest BCUT2D eigenvalue weighted by Crippen LogP contribution is 2.38. The predicted molar refractivity (Wildman–Crippen MR) is 157 cm³/mol. The highest BCUT2D eigenvalue weighted by molar-refractivity contribution is 7.90. The first kappa shape index (κ1) is 39.2. The summed E-state index contributed by atoms with van der Waals surface area (Å²) in [5.74, 6) is -0.230. The number of nitrogens with zero attached hydrogens (tertiary/aromatic N) is 3. The number of halogens is 6. The fourth-order valence-electron chi connectivity index (χ4n) is 4.27. The number of nitrogens with two attached hydrogens (primary N) is 1. The molecular weight excluding hydrogens is 680 g/mol. The van der Waals surface area contributed by atoms with E-state index in [2.05, 4.69) is 14.8 Å². The second kappa shape index (κ2) is 16.2. The van der Waals surface area contributed by atoms with Crippen LogP contribution >= 0.6 is 0 Å². The largest absolute Gasteiger partial charge is 0.490 e. The van der Waals surface area contributed by atoms with Gasteiger partial charge in [-0.2, -0.15) is 31.4 Å². The summed E-state index contributed by atoms with van der Waals surface area (Å²) >= 11 is 0. The third kappa shape index (κ3) is 10.5. The molecule has 5 N–H and O–H groups in total. The van der Waals surface area contributed by atoms with Gasteiger partial charge in [0.05, 0.1) is 19.0 Å². The maximum absolute atomic E-state index is 13.7. The van der Waals surface area contributed by atoms with Gasteiger partial charge in [-0.25, -0.2) is 27.7 Å². The minimum absolute atomic E-state index is 0.194. The van der Waals surface area contributed by atoms with Crippen molar-refractivity contribution in [2.45, 2.75) is 42.5 Å². The molecule has 262 valence electrons. The summed E-state index contributed by atoms with van der Waals surface area (Å²) in [6.45, 7) is 0.815. The number of carboxylic acids is 2. The van der Waals surface area contributed by atoms with Crippen molar-refractivity contribution in [1.82, 2.24) is 14.6 Å². The normalized spacial score (nSPS) is 19.3. The van der Waals surface area contributed by atoms with Gasteiger partial charge in [-0.15, -0.1) is 0 Å². The molecule has 2 atom stereocenters. The topological polar surface area (TPSA) is 202 Å². The van der Waals surface area contributed by atoms with Crippen LogP contribution in [0.4, 0.5) is 26.3 Å². The number of sulfonamides is 1. The lowest BCUT2D eigenvalue weighted by molar-refractivity contribution is -0.193. The number of ether oxygens (including phenoxy) is 1. The first-order chi connectivity index (χ1) is 22.3. The molecular formula is C28H29F6N5O8S. The lowest BCUT2D eigenvalue weighted by Gasteiger charge is -2.31. The molecule has 1 aromatic heterocycles. The van der Waals surface area contributed by atoms with E-state index >= 15 is 0 Å². The van der Waals surface area contributed by atoms with Crippen LogP contribution < -0.4 is 15.3 Å². The van der Waals surface area contributed by atoms with Gasteiger partial charge in [0, 0.05) is 19.2 Å². The van der Waals surface area contributed by atoms with Crippen LogP contribution in [-0.2, 0) is 35.7 Å². The number of carboxylic acid groups (broad SMARTS) is 2. The SMILES string of the molecule is COc1cccc(C2(S(=O)(=O)N[C@H]3CCN(Cc4cccc(C=NN)c4)C3=O)C=CC=CC2)n1.O=C(O)C(F)(F)F.O=C(O)C(F)(F)F. The van der Waals surface area contributed by atoms with E-state index in [1.165, 1.54) is 13.3 Å². The molecule has 20 heteroatoms. The number of aliphatic carboxylic acids is 2. The molecule has 1 fully saturated rings. The Kier molecular flexibility index (Phi) is 13.2. The third-order valence-corrected chi connectivity index (χ3v) is 8.57. The number of allylic oxidation sites excluding steroid dienone is 3. The molecule has 2 heterocycles. The third-order valence-electron chi connectivity index (χ3n) is 6.51. The fraction of sp³-hybridized carbons (Fsp3) is 0.321. The Morgan fingerprint density at radius 1 is 1.10 bits per heavy atom. The van der Waals surface area contributed by atoms with Crippen LogP contribution in [0.5, 0.6) is 5.88 Å². The van der Waals surface area contributed by atoms with Crippen molar-refractivity contribution in [1.29, 1.82) is 0 Å². The Morgan fingerprint density at radius 2 is 1.71 bits per heavy atom. The van der Waals surface area contributed by atoms with Crippen molar-refractivity contribution in [2.24, 2.45) is 10.9 Å². The number of carbonyl (C=O) groups is 3. The van der Waals surface area contributed by atoms with Gasteiger partial charge in [0.15, 0.2) is 0 Å². The number of aromatic nitrogens is 1. The van der Waals surface area contributed by atoms with E-state index in [0.717, 1.165) is 11.1 Å². The van der Waals surface area contributed by atoms with Gasteiger partial charge < -0.3 is 25.7 Å². The van der Waals surface area contributed by atoms with Crippen LogP contribution in [0.15, 0.2) is 71.9 Å². The summed E-state index contributed by atoms with van der Waals surface area (Å²) in [6.07, 6.45) is -1.20. The lowest BCUT2D eigenvalue weighted by Crippen LogP contribution is -2.49. The van der Waals surface area contributed by atoms with Crippen molar-refractivity contribution < 1.29 is 64.1 Å². The molecule has 2 aliphatic rings. The fourth-order valence-corrected chi connectivity index (χ4v) is 6.03. The summed E-state index contributed by atoms with van der Waals surface area (Å²) in [5, 5.41) is 17.8. The van der Waals surface area contributed by atoms with Gasteiger partial charge in [-0.05, 0) is 36.1 Å². The van der Waals surface area contributed by atoms with Crippen molar-refractivity contribution >= 4 is 34.1 Å². The number of nitrogens with one attached hydrogen (secondary N) is 1. The summed E-state index contributed by atoms with van der Waals surface area (Å²) in [5.41, 5.74) is 2.07. The maximum atomic E-state index is 13.7. The number of carbonyl (C=O) groups excluding carboxylic acids is 1. The van der Waals surface area contributed by atoms with Crippen molar-refractivity contribution in [3.05, 3.63) is 83.6 Å². The number of benzene rings is 1. The van der Waals surface area contributed by atoms with Crippen LogP contribution in [0.25, 0.3) is 0 Å². The van der Waals surface area contributed by atoms with E-state index in [9.17, 15) is 39.6 Å². The average molecular weight is 710 g/mol. The number of hydrazone groups is 1. The van der Waals surface area contributed by atoms with Gasteiger partial charge in [0.2, 0.25) is 21.8 Å². The second-order valence-corrected chi connectivity index (χ2v) is 11.8. The highest BCUT2D eigenvalue weighted by atomic mass is 32.2. The van der Waals surface area contributed by atoms with Gasteiger partial charge in [0.1, 0.15) is 10.8 Å². The zero-order valence-electron chi connectivity index (χ0n) is 24.8. The monoisotopic (exact) mass is 709 g/mol. The van der Waals surface area contributed by atoms with Crippen molar-refractivity contribution in [2.75, 3.05) is 13.7 Å². The van der Waals surface area contributed by atoms with Gasteiger partial charge in [-0.1, -0.05) is 48.6 Å². The minimum atomic E-state index is -5.08. The molecule has 2 aromatic rings. The number of pyridine rings is 1. The van der Waals surface area contributed by atoms with Crippen molar-refractivity contribution in [3.63, 3.8) is 0 Å². The molecule has 1 unspecified atom stereocenters. The van der Waals surface area contributed by atoms with E-state index in [4.69, 9.17) is 30.4 Å². The number of methoxy groups -OCH3 is 1. The van der Waals surface area contributed by atoms with E-state index in [0.29, 0.717) is 31.1 Å². The summed E-state index contributed by atoms with van der Waals surface area (Å²) < 4.78 is 97.3. The molecule has 1 aromatic carbocycles. The minimum Gasteiger partial charge on any atom is -0.481 e. The summed E-state index contributed by atoms with van der Waals surface area (Å²) in [6, 6.07) is 11.7. The molecule has 0 bridgehead atoms. The molecule has 0 saturated carbocycles. The molecule has 1 aliphatic carbocycles. The predicted octanol–water partition coefficient (Wildman–Crippen LogP) is 3.08. The summed E-state index contributed by atoms with van der Waals surface area (Å²) in [4.78, 5) is 37.0. The molecule has 0 spiro atoms. The molecule has 1 saturated heterocycles. The van der Waals surface area contributed by atoms with Crippen LogP contribution in [0, 0.1) is 0 Å². The van der Waals surface area contributed by atoms with Gasteiger partial charge in [0.25, 0.3) is 0 Å². The first-order valence-corrected chi connectivity index (χ1v) is 14.8. The van der Waals surface area contributed by atoms with Crippen molar-refractivity contribution in [3.8, 4) is 5.88 Å². The quantitative estimate of drug-likeness (QED) is 0.137. The maximum Gasteiger partial charge on any atom is 0.490 e. The molecule has 4 rings (SSSR count). The number of rotatable bonds is 8. The Morgan fingerprint density at radius 3 is 2.23 bits per heavy atom. The number of amides is 1. The molecule has 1 amide bonds. The Balaban J connectivity index is 0.000000479. The zero-order chi connectivity index (χ0) is 36.3. The number of hydrogen-bond acceptors (Lipinski definition) is 9. The first-order valence-electron chi connectivity index (χ1n) is 13.4. The molecule has 48 heavy (non-hydrogen) atoms. The Labute approximate surface area is 269 Å². The smallest absolute Gasteiger partial charge is 0.481 e. The number of likely N-dealkylation sites (tertiary alicyclic amines) is 1. The Hall–Kier alpha value is -4.98. The van der Waals surface area contributed by atoms with E-state index in [-0.39, 0.29) is 12.3 Å². The van der Waals surface area contributed by atoms with E-state index in [1.54, 1.807) is 47.4 Å². The Bertz CT molecular complexity index is 1640. The van der Waals surface area contributed by atoms with Crippen LogP contribution in [-0.4, -0.2) is 84.6 Å². The van der Waals surface area contributed by atoms with Gasteiger partial charge in [-0.3, -0.25) is 4.79 Å². The number of hydrogen-bond donors (Lipinski definition) is 4. The standard InChI is InChI=1S/C24H27N5O4S.2C2HF3O2/c1-33-22-10-6-9-21(27-22)24(12-3-2-4-13-24)34(31,32)28-20-11-14-29(23(20)30)17-19-8-5-7-18(15-19)16-26-25;2*3-2(4,5)1(6)7/h2-10,12,15-16,20,28H,11,13-14,17,25H2,1H3;2*(H,6,7)/t20-,24?;;/m0../s1. The van der Waals surface area contributed by atoms with Gasteiger partial charge >= 0.3 is 24.3 Å². The molecule has 1 aliphatic heterocycles. The van der Waals surface area contributed by atoms with E-state index < -0.39 is 45.1 Å². The average Bonchev–Trinajstić information content (AvgIpc) is 3.34. The van der Waals surface area contributed by atoms with Crippen LogP contribution in [0.1, 0.15) is 29.7 Å². The van der Waals surface area contributed by atoms with E-state index in [1.807, 2.05) is 24.3 Å². The number of alkyl halides is 6. The lowest BCUT2D eigenvalue weighted by atomic mass is 9.95.